The zero-order chi connectivity index (χ0) is 19.7. The van der Waals surface area contributed by atoms with Crippen molar-refractivity contribution in [2.24, 2.45) is 0 Å². The van der Waals surface area contributed by atoms with E-state index in [1.165, 1.54) is 24.3 Å². The van der Waals surface area contributed by atoms with Gasteiger partial charge in [0.05, 0.1) is 4.92 Å². The number of hydrogen-bond donors (Lipinski definition) is 0. The lowest BCUT2D eigenvalue weighted by Crippen LogP contribution is -2.59. The summed E-state index contributed by atoms with van der Waals surface area (Å²) in [5.74, 6) is -1.74. The van der Waals surface area contributed by atoms with Crippen LogP contribution in [0.5, 0.6) is 0 Å². The molecule has 0 N–H and O–H groups in total. The Morgan fingerprint density at radius 1 is 1.11 bits per heavy atom. The van der Waals surface area contributed by atoms with Gasteiger partial charge in [0.2, 0.25) is 0 Å². The van der Waals surface area contributed by atoms with Crippen molar-refractivity contribution in [1.82, 2.24) is 4.90 Å². The molecule has 0 spiro atoms. The number of alkyl halides is 3. The van der Waals surface area contributed by atoms with Gasteiger partial charge in [-0.1, -0.05) is 24.6 Å². The van der Waals surface area contributed by atoms with Gasteiger partial charge in [-0.3, -0.25) is 19.8 Å². The van der Waals surface area contributed by atoms with Gasteiger partial charge in [-0.15, -0.1) is 0 Å². The fraction of sp³-hybridized carbons (Fsp3) is 0.421. The van der Waals surface area contributed by atoms with Crippen LogP contribution < -0.4 is 0 Å². The number of nitrogens with zero attached hydrogens (tertiary/aromatic N) is 2. The highest BCUT2D eigenvalue weighted by Crippen LogP contribution is 2.38. The standard InChI is InChI=1S/C19H19F3N2O3/c20-19(21,22)17(25)18(23-12-2-1-3-13-23)10-8-15(9-11-18)14-4-6-16(7-5-14)24(26)27/h4-10H,1-3,11-13H2. The van der Waals surface area contributed by atoms with Crippen LogP contribution in [-0.4, -0.2) is 40.4 Å². The van der Waals surface area contributed by atoms with Crippen LogP contribution in [0, 0.1) is 10.1 Å². The highest BCUT2D eigenvalue weighted by Gasteiger charge is 2.54. The van der Waals surface area contributed by atoms with Crippen molar-refractivity contribution < 1.29 is 22.9 Å². The summed E-state index contributed by atoms with van der Waals surface area (Å²) in [5, 5.41) is 10.7. The first-order valence-electron chi connectivity index (χ1n) is 8.75. The summed E-state index contributed by atoms with van der Waals surface area (Å²) < 4.78 is 39.8. The van der Waals surface area contributed by atoms with Gasteiger partial charge in [0, 0.05) is 12.1 Å². The lowest BCUT2D eigenvalue weighted by molar-refractivity contribution is -0.384. The van der Waals surface area contributed by atoms with Gasteiger partial charge in [0.15, 0.2) is 0 Å². The Hall–Kier alpha value is -2.48. The number of halogens is 3. The van der Waals surface area contributed by atoms with E-state index < -0.39 is 22.4 Å². The van der Waals surface area contributed by atoms with E-state index in [2.05, 4.69) is 0 Å². The Bertz CT molecular complexity index is 793. The topological polar surface area (TPSA) is 63.5 Å². The molecule has 3 rings (SSSR count). The second kappa shape index (κ2) is 7.26. The maximum atomic E-state index is 13.3. The number of carbonyl (C=O) groups excluding carboxylic acids is 1. The molecule has 0 radical (unpaired) electrons. The first-order valence-corrected chi connectivity index (χ1v) is 8.75. The molecule has 0 bridgehead atoms. The zero-order valence-corrected chi connectivity index (χ0v) is 14.5. The van der Waals surface area contributed by atoms with Crippen LogP contribution in [-0.2, 0) is 4.79 Å². The summed E-state index contributed by atoms with van der Waals surface area (Å²) >= 11 is 0. The summed E-state index contributed by atoms with van der Waals surface area (Å²) in [4.78, 5) is 24.1. The molecule has 1 fully saturated rings. The van der Waals surface area contributed by atoms with Crippen molar-refractivity contribution >= 4 is 17.0 Å². The third-order valence-electron chi connectivity index (χ3n) is 5.15. The van der Waals surface area contributed by atoms with Crippen LogP contribution in [0.1, 0.15) is 31.2 Å². The number of benzene rings is 1. The average molecular weight is 380 g/mol. The van der Waals surface area contributed by atoms with Gasteiger partial charge in [0.1, 0.15) is 5.54 Å². The number of allylic oxidation sites excluding steroid dienone is 2. The SMILES string of the molecule is O=C(C(F)(F)F)C1(N2CCCCC2)C=CC(c2ccc([N+](=O)[O-])cc2)=CC1. The van der Waals surface area contributed by atoms with E-state index in [-0.39, 0.29) is 12.1 Å². The predicted octanol–water partition coefficient (Wildman–Crippen LogP) is 4.29. The first kappa shape index (κ1) is 19.3. The first-order chi connectivity index (χ1) is 12.7. The van der Waals surface area contributed by atoms with Gasteiger partial charge in [-0.2, -0.15) is 13.2 Å². The molecular formula is C19H19F3N2O3. The highest BCUT2D eigenvalue weighted by molar-refractivity contribution is 5.97. The molecule has 0 saturated carbocycles. The highest BCUT2D eigenvalue weighted by atomic mass is 19.4. The number of nitro groups is 1. The van der Waals surface area contributed by atoms with Crippen LogP contribution >= 0.6 is 0 Å². The number of piperidine rings is 1. The molecule has 2 aliphatic rings. The van der Waals surface area contributed by atoms with Crippen molar-refractivity contribution in [3.05, 3.63) is 58.2 Å². The summed E-state index contributed by atoms with van der Waals surface area (Å²) in [6.45, 7) is 0.903. The molecule has 1 unspecified atom stereocenters. The molecule has 27 heavy (non-hydrogen) atoms. The maximum Gasteiger partial charge on any atom is 0.452 e. The maximum absolute atomic E-state index is 13.3. The summed E-state index contributed by atoms with van der Waals surface area (Å²) in [6, 6.07) is 5.79. The molecular weight excluding hydrogens is 361 g/mol. The van der Waals surface area contributed by atoms with Gasteiger partial charge < -0.3 is 0 Å². The Kier molecular flexibility index (Phi) is 5.19. The molecule has 1 aliphatic heterocycles. The third kappa shape index (κ3) is 3.80. The Morgan fingerprint density at radius 3 is 2.22 bits per heavy atom. The van der Waals surface area contributed by atoms with Crippen molar-refractivity contribution in [2.45, 2.75) is 37.4 Å². The molecule has 5 nitrogen and oxygen atoms in total. The molecule has 1 saturated heterocycles. The van der Waals surface area contributed by atoms with E-state index >= 15 is 0 Å². The minimum absolute atomic E-state index is 0.0611. The van der Waals surface area contributed by atoms with Gasteiger partial charge in [0.25, 0.3) is 11.5 Å². The van der Waals surface area contributed by atoms with E-state index in [1.54, 1.807) is 23.1 Å². The van der Waals surface area contributed by atoms with Crippen LogP contribution in [0.2, 0.25) is 0 Å². The van der Waals surface area contributed by atoms with Crippen LogP contribution in [0.3, 0.4) is 0 Å². The number of carbonyl (C=O) groups is 1. The van der Waals surface area contributed by atoms with Crippen molar-refractivity contribution in [3.63, 3.8) is 0 Å². The number of Topliss-reactive ketones (excluding diaryl/α,β-unsaturated/α-hetero) is 1. The number of hydrogen-bond acceptors (Lipinski definition) is 4. The van der Waals surface area contributed by atoms with E-state index in [0.717, 1.165) is 19.3 Å². The molecule has 0 aromatic heterocycles. The second-order valence-corrected chi connectivity index (χ2v) is 6.80. The van der Waals surface area contributed by atoms with Crippen molar-refractivity contribution in [3.8, 4) is 0 Å². The molecule has 1 aliphatic carbocycles. The Balaban J connectivity index is 1.89. The van der Waals surface area contributed by atoms with Gasteiger partial charge in [-0.25, -0.2) is 0 Å². The Labute approximate surface area is 154 Å². The van der Waals surface area contributed by atoms with Gasteiger partial charge >= 0.3 is 6.18 Å². The smallest absolute Gasteiger partial charge is 0.287 e. The fourth-order valence-corrected chi connectivity index (χ4v) is 3.70. The van der Waals surface area contributed by atoms with Crippen LogP contribution in [0.25, 0.3) is 5.57 Å². The zero-order valence-electron chi connectivity index (χ0n) is 14.5. The molecule has 1 aromatic rings. The molecule has 1 aromatic carbocycles. The third-order valence-corrected chi connectivity index (χ3v) is 5.15. The lowest BCUT2D eigenvalue weighted by atomic mass is 9.80. The average Bonchev–Trinajstić information content (AvgIpc) is 2.67. The fourth-order valence-electron chi connectivity index (χ4n) is 3.70. The van der Waals surface area contributed by atoms with E-state index in [1.807, 2.05) is 0 Å². The van der Waals surface area contributed by atoms with E-state index in [9.17, 15) is 28.1 Å². The minimum Gasteiger partial charge on any atom is -0.287 e. The predicted molar refractivity (Wildman–Crippen MR) is 94.0 cm³/mol. The number of rotatable bonds is 4. The van der Waals surface area contributed by atoms with Crippen LogP contribution in [0.4, 0.5) is 18.9 Å². The quantitative estimate of drug-likeness (QED) is 0.577. The molecule has 1 heterocycles. The minimum atomic E-state index is -4.92. The number of likely N-dealkylation sites (tertiary alicyclic amines) is 1. The van der Waals surface area contributed by atoms with Crippen molar-refractivity contribution in [1.29, 1.82) is 0 Å². The van der Waals surface area contributed by atoms with E-state index in [0.29, 0.717) is 24.2 Å². The van der Waals surface area contributed by atoms with E-state index in [4.69, 9.17) is 0 Å². The normalized spacial score (nSPS) is 23.7. The molecule has 144 valence electrons. The van der Waals surface area contributed by atoms with Crippen molar-refractivity contribution in [2.75, 3.05) is 13.1 Å². The summed E-state index contributed by atoms with van der Waals surface area (Å²) in [5.41, 5.74) is -0.465. The summed E-state index contributed by atoms with van der Waals surface area (Å²) in [7, 11) is 0. The lowest BCUT2D eigenvalue weighted by Gasteiger charge is -2.43. The molecule has 0 amide bonds. The van der Waals surface area contributed by atoms with Crippen LogP contribution in [0.15, 0.2) is 42.5 Å². The second-order valence-electron chi connectivity index (χ2n) is 6.80. The number of ketones is 1. The molecule has 8 heteroatoms. The Morgan fingerprint density at radius 2 is 1.74 bits per heavy atom. The monoisotopic (exact) mass is 380 g/mol. The van der Waals surface area contributed by atoms with Gasteiger partial charge in [-0.05, 0) is 55.6 Å². The molecule has 1 atom stereocenters. The number of nitro benzene ring substituents is 1. The summed E-state index contributed by atoms with van der Waals surface area (Å²) in [6.07, 6.45) is 1.96. The number of non-ortho nitro benzene ring substituents is 1. The largest absolute Gasteiger partial charge is 0.452 e.